The van der Waals surface area contributed by atoms with Crippen LogP contribution in [0, 0.1) is 6.92 Å². The first-order chi connectivity index (χ1) is 12.1. The van der Waals surface area contributed by atoms with Crippen molar-refractivity contribution in [1.82, 2.24) is 5.32 Å². The van der Waals surface area contributed by atoms with Crippen LogP contribution in [0.4, 0.5) is 5.69 Å². The molecule has 0 aliphatic carbocycles. The van der Waals surface area contributed by atoms with E-state index >= 15 is 0 Å². The Labute approximate surface area is 153 Å². The lowest BCUT2D eigenvalue weighted by Crippen LogP contribution is -2.34. The van der Waals surface area contributed by atoms with E-state index in [1.807, 2.05) is 55.5 Å². The van der Waals surface area contributed by atoms with Crippen molar-refractivity contribution in [1.29, 1.82) is 0 Å². The number of hydrogen-bond donors (Lipinski definition) is 2. The van der Waals surface area contributed by atoms with Crippen molar-refractivity contribution in [3.8, 4) is 11.5 Å². The van der Waals surface area contributed by atoms with E-state index in [1.165, 1.54) is 5.56 Å². The maximum Gasteiger partial charge on any atom is 0.226 e. The third-order valence-electron chi connectivity index (χ3n) is 3.45. The van der Waals surface area contributed by atoms with Gasteiger partial charge in [0.2, 0.25) is 5.91 Å². The molecular weight excluding hydrogens is 336 g/mol. The van der Waals surface area contributed by atoms with Crippen molar-refractivity contribution in [2.24, 2.45) is 0 Å². The molecule has 2 aromatic rings. The highest BCUT2D eigenvalue weighted by Crippen LogP contribution is 2.22. The number of ether oxygens (including phenoxy) is 2. The molecular formula is C19H22N2O3S. The fourth-order valence-electron chi connectivity index (χ4n) is 2.15. The topological polar surface area (TPSA) is 59.6 Å². The van der Waals surface area contributed by atoms with Crippen LogP contribution in [-0.4, -0.2) is 24.7 Å². The second-order valence-corrected chi connectivity index (χ2v) is 5.88. The lowest BCUT2D eigenvalue weighted by Gasteiger charge is -2.12. The number of rotatable bonds is 7. The molecule has 6 heteroatoms. The predicted molar refractivity (Wildman–Crippen MR) is 103 cm³/mol. The summed E-state index contributed by atoms with van der Waals surface area (Å²) in [5, 5.41) is 5.86. The summed E-state index contributed by atoms with van der Waals surface area (Å²) in [7, 11) is 1.58. The average Bonchev–Trinajstić information content (AvgIpc) is 2.60. The molecule has 0 aromatic heterocycles. The first-order valence-corrected chi connectivity index (χ1v) is 8.42. The van der Waals surface area contributed by atoms with Gasteiger partial charge in [-0.15, -0.1) is 0 Å². The third kappa shape index (κ3) is 6.43. The molecule has 0 aliphatic heterocycles. The van der Waals surface area contributed by atoms with Gasteiger partial charge in [-0.3, -0.25) is 4.79 Å². The first kappa shape index (κ1) is 18.7. The summed E-state index contributed by atoms with van der Waals surface area (Å²) in [6, 6.07) is 15.2. The van der Waals surface area contributed by atoms with Crippen LogP contribution in [0.15, 0.2) is 48.5 Å². The quantitative estimate of drug-likeness (QED) is 0.584. The molecule has 0 heterocycles. The Morgan fingerprint density at radius 2 is 1.84 bits per heavy atom. The standard InChI is InChI=1S/C19H22N2O3S/c1-14-9-11-15(12-10-14)24-13-5-8-18(22)21-19(25)20-16-6-3-4-7-17(16)23-2/h3-4,6-7,9-12H,5,8,13H2,1-2H3,(H2,20,21,22,25). The molecule has 2 rings (SSSR count). The van der Waals surface area contributed by atoms with Gasteiger partial charge >= 0.3 is 0 Å². The second-order valence-electron chi connectivity index (χ2n) is 5.47. The molecule has 2 aromatic carbocycles. The Kier molecular flexibility index (Phi) is 7.22. The van der Waals surface area contributed by atoms with Gasteiger partial charge in [0.1, 0.15) is 11.5 Å². The fourth-order valence-corrected chi connectivity index (χ4v) is 2.37. The SMILES string of the molecule is COc1ccccc1NC(=S)NC(=O)CCCOc1ccc(C)cc1. The predicted octanol–water partition coefficient (Wildman–Crippen LogP) is 3.68. The molecule has 25 heavy (non-hydrogen) atoms. The molecule has 5 nitrogen and oxygen atoms in total. The van der Waals surface area contributed by atoms with E-state index in [9.17, 15) is 4.79 Å². The lowest BCUT2D eigenvalue weighted by atomic mass is 10.2. The molecule has 2 N–H and O–H groups in total. The largest absolute Gasteiger partial charge is 0.495 e. The van der Waals surface area contributed by atoms with Crippen molar-refractivity contribution in [3.05, 3.63) is 54.1 Å². The molecule has 0 spiro atoms. The fraction of sp³-hybridized carbons (Fsp3) is 0.263. The van der Waals surface area contributed by atoms with Crippen LogP contribution in [0.25, 0.3) is 0 Å². The Hall–Kier alpha value is -2.60. The Morgan fingerprint density at radius 1 is 1.12 bits per heavy atom. The average molecular weight is 358 g/mol. The number of para-hydroxylation sites is 2. The summed E-state index contributed by atoms with van der Waals surface area (Å²) in [5.41, 5.74) is 1.89. The van der Waals surface area contributed by atoms with E-state index in [4.69, 9.17) is 21.7 Å². The number of benzene rings is 2. The second kappa shape index (κ2) is 9.64. The van der Waals surface area contributed by atoms with E-state index < -0.39 is 0 Å². The molecule has 0 saturated carbocycles. The Morgan fingerprint density at radius 3 is 2.56 bits per heavy atom. The summed E-state index contributed by atoms with van der Waals surface area (Å²) >= 11 is 5.16. The summed E-state index contributed by atoms with van der Waals surface area (Å²) < 4.78 is 10.8. The Bertz CT molecular complexity index is 717. The van der Waals surface area contributed by atoms with E-state index in [2.05, 4.69) is 10.6 Å². The maximum absolute atomic E-state index is 11.9. The summed E-state index contributed by atoms with van der Waals surface area (Å²) in [4.78, 5) is 11.9. The maximum atomic E-state index is 11.9. The van der Waals surface area contributed by atoms with Crippen molar-refractivity contribution in [2.45, 2.75) is 19.8 Å². The van der Waals surface area contributed by atoms with E-state index in [-0.39, 0.29) is 11.0 Å². The molecule has 0 aliphatic rings. The van der Waals surface area contributed by atoms with Crippen LogP contribution in [-0.2, 0) is 4.79 Å². The van der Waals surface area contributed by atoms with E-state index in [0.717, 1.165) is 5.75 Å². The molecule has 0 unspecified atom stereocenters. The molecule has 0 fully saturated rings. The molecule has 132 valence electrons. The van der Waals surface area contributed by atoms with Gasteiger partial charge in [0, 0.05) is 6.42 Å². The van der Waals surface area contributed by atoms with Crippen LogP contribution in [0.1, 0.15) is 18.4 Å². The van der Waals surface area contributed by atoms with Gasteiger partial charge < -0.3 is 20.1 Å². The summed E-state index contributed by atoms with van der Waals surface area (Å²) in [5.74, 6) is 1.31. The number of aryl methyl sites for hydroxylation is 1. The van der Waals surface area contributed by atoms with Gasteiger partial charge in [0.15, 0.2) is 5.11 Å². The number of carbonyl (C=O) groups excluding carboxylic acids is 1. The minimum Gasteiger partial charge on any atom is -0.495 e. The number of hydrogen-bond acceptors (Lipinski definition) is 4. The molecule has 0 radical (unpaired) electrons. The normalized spacial score (nSPS) is 10.0. The van der Waals surface area contributed by atoms with Crippen LogP contribution in [0.2, 0.25) is 0 Å². The summed E-state index contributed by atoms with van der Waals surface area (Å²) in [6.07, 6.45) is 0.941. The summed E-state index contributed by atoms with van der Waals surface area (Å²) in [6.45, 7) is 2.50. The highest BCUT2D eigenvalue weighted by molar-refractivity contribution is 7.80. The molecule has 0 saturated heterocycles. The van der Waals surface area contributed by atoms with E-state index in [1.54, 1.807) is 7.11 Å². The Balaban J connectivity index is 1.69. The lowest BCUT2D eigenvalue weighted by molar-refractivity contribution is -0.119. The monoisotopic (exact) mass is 358 g/mol. The van der Waals surface area contributed by atoms with Gasteiger partial charge in [-0.2, -0.15) is 0 Å². The van der Waals surface area contributed by atoms with Crippen LogP contribution in [0.5, 0.6) is 11.5 Å². The third-order valence-corrected chi connectivity index (χ3v) is 3.65. The number of carbonyl (C=O) groups is 1. The van der Waals surface area contributed by atoms with Crippen LogP contribution in [0.3, 0.4) is 0 Å². The number of methoxy groups -OCH3 is 1. The smallest absolute Gasteiger partial charge is 0.226 e. The van der Waals surface area contributed by atoms with Gasteiger partial charge in [-0.05, 0) is 49.8 Å². The van der Waals surface area contributed by atoms with Gasteiger partial charge in [0.05, 0.1) is 19.4 Å². The van der Waals surface area contributed by atoms with Gasteiger partial charge in [-0.1, -0.05) is 29.8 Å². The van der Waals surface area contributed by atoms with Crippen molar-refractivity contribution < 1.29 is 14.3 Å². The number of thiocarbonyl (C=S) groups is 1. The highest BCUT2D eigenvalue weighted by Gasteiger charge is 2.07. The van der Waals surface area contributed by atoms with Gasteiger partial charge in [-0.25, -0.2) is 0 Å². The number of anilines is 1. The van der Waals surface area contributed by atoms with Crippen LogP contribution >= 0.6 is 12.2 Å². The first-order valence-electron chi connectivity index (χ1n) is 8.02. The zero-order valence-electron chi connectivity index (χ0n) is 14.4. The molecule has 1 amide bonds. The highest BCUT2D eigenvalue weighted by atomic mass is 32.1. The molecule has 0 atom stereocenters. The van der Waals surface area contributed by atoms with Gasteiger partial charge in [0.25, 0.3) is 0 Å². The van der Waals surface area contributed by atoms with Crippen molar-refractivity contribution >= 4 is 28.9 Å². The van der Waals surface area contributed by atoms with Crippen molar-refractivity contribution in [2.75, 3.05) is 19.0 Å². The number of amides is 1. The zero-order chi connectivity index (χ0) is 18.1. The van der Waals surface area contributed by atoms with Crippen molar-refractivity contribution in [3.63, 3.8) is 0 Å². The number of nitrogens with one attached hydrogen (secondary N) is 2. The minimum absolute atomic E-state index is 0.153. The minimum atomic E-state index is -0.153. The van der Waals surface area contributed by atoms with Crippen LogP contribution < -0.4 is 20.1 Å². The zero-order valence-corrected chi connectivity index (χ0v) is 15.2. The molecule has 0 bridgehead atoms. The van der Waals surface area contributed by atoms with E-state index in [0.29, 0.717) is 30.9 Å².